The number of rotatable bonds is 46. The standard InChI is InChI=1S/C50H99NO6/c1-6-11-15-19-21-29-38-46(36-27-17-13-8-3)49(53)56-44-33-25-23-31-41-51(43-35-40-48(52)55-10-5)42-32-24-26-34-45-57-50(54)47(37-28-18-14-9-4)39-30-22-20-16-12-7-2/h46-47,49,53H,6-45H2,1-5H3. The Balaban J connectivity index is 4.56. The number of carbonyl (C=O) groups excluding carboxylic acids is 2. The minimum absolute atomic E-state index is 0.0427. The average molecular weight is 810 g/mol. The highest BCUT2D eigenvalue weighted by Crippen LogP contribution is 2.24. The summed E-state index contributed by atoms with van der Waals surface area (Å²) in [4.78, 5) is 27.5. The number of nitrogens with zero attached hydrogens (tertiary/aromatic N) is 1. The van der Waals surface area contributed by atoms with Crippen LogP contribution >= 0.6 is 0 Å². The second-order valence-corrected chi connectivity index (χ2v) is 17.3. The highest BCUT2D eigenvalue weighted by Gasteiger charge is 2.20. The molecule has 57 heavy (non-hydrogen) atoms. The monoisotopic (exact) mass is 810 g/mol. The van der Waals surface area contributed by atoms with Gasteiger partial charge in [-0.15, -0.1) is 0 Å². The van der Waals surface area contributed by atoms with E-state index in [0.29, 0.717) is 26.2 Å². The van der Waals surface area contributed by atoms with Crippen LogP contribution in [0.25, 0.3) is 0 Å². The van der Waals surface area contributed by atoms with E-state index in [2.05, 4.69) is 32.6 Å². The quantitative estimate of drug-likeness (QED) is 0.0372. The van der Waals surface area contributed by atoms with Crippen LogP contribution in [0.4, 0.5) is 0 Å². The molecule has 3 unspecified atom stereocenters. The van der Waals surface area contributed by atoms with Crippen molar-refractivity contribution in [2.24, 2.45) is 11.8 Å². The van der Waals surface area contributed by atoms with Crippen molar-refractivity contribution in [3.8, 4) is 0 Å². The van der Waals surface area contributed by atoms with Crippen molar-refractivity contribution in [3.63, 3.8) is 0 Å². The summed E-state index contributed by atoms with van der Waals surface area (Å²) in [5, 5.41) is 10.9. The lowest BCUT2D eigenvalue weighted by atomic mass is 9.93. The zero-order valence-corrected chi connectivity index (χ0v) is 39.0. The molecule has 1 N–H and O–H groups in total. The summed E-state index contributed by atoms with van der Waals surface area (Å²) in [5.41, 5.74) is 0. The number of aliphatic hydroxyl groups is 1. The van der Waals surface area contributed by atoms with Crippen molar-refractivity contribution in [3.05, 3.63) is 0 Å². The summed E-state index contributed by atoms with van der Waals surface area (Å²) < 4.78 is 17.0. The van der Waals surface area contributed by atoms with Gasteiger partial charge in [-0.3, -0.25) is 9.59 Å². The number of hydrogen-bond acceptors (Lipinski definition) is 7. The predicted molar refractivity (Wildman–Crippen MR) is 243 cm³/mol. The molecule has 0 aromatic rings. The lowest BCUT2D eigenvalue weighted by Gasteiger charge is -2.24. The van der Waals surface area contributed by atoms with Gasteiger partial charge in [-0.2, -0.15) is 0 Å². The fourth-order valence-electron chi connectivity index (χ4n) is 8.05. The van der Waals surface area contributed by atoms with Crippen molar-refractivity contribution < 1.29 is 28.9 Å². The largest absolute Gasteiger partial charge is 0.466 e. The van der Waals surface area contributed by atoms with Gasteiger partial charge in [-0.25, -0.2) is 0 Å². The molecule has 0 saturated carbocycles. The first kappa shape index (κ1) is 55.8. The van der Waals surface area contributed by atoms with E-state index in [9.17, 15) is 14.7 Å². The predicted octanol–water partition coefficient (Wildman–Crippen LogP) is 14.3. The maximum atomic E-state index is 13.0. The highest BCUT2D eigenvalue weighted by atomic mass is 16.6. The summed E-state index contributed by atoms with van der Waals surface area (Å²) in [6.07, 6.45) is 38.5. The van der Waals surface area contributed by atoms with Crippen LogP contribution in [0.3, 0.4) is 0 Å². The molecule has 0 aliphatic heterocycles. The van der Waals surface area contributed by atoms with E-state index in [0.717, 1.165) is 116 Å². The van der Waals surface area contributed by atoms with E-state index in [1.165, 1.54) is 116 Å². The fraction of sp³-hybridized carbons (Fsp3) is 0.960. The number of unbranched alkanes of at least 4 members (excludes halogenated alkanes) is 22. The van der Waals surface area contributed by atoms with Crippen LogP contribution in [0.15, 0.2) is 0 Å². The van der Waals surface area contributed by atoms with E-state index in [1.807, 2.05) is 6.92 Å². The topological polar surface area (TPSA) is 85.3 Å². The molecule has 340 valence electrons. The van der Waals surface area contributed by atoms with Crippen molar-refractivity contribution in [2.45, 2.75) is 259 Å². The molecule has 7 heteroatoms. The Morgan fingerprint density at radius 1 is 0.456 bits per heavy atom. The van der Waals surface area contributed by atoms with E-state index in [-0.39, 0.29) is 23.8 Å². The Kier molecular flexibility index (Phi) is 43.5. The Bertz CT molecular complexity index is 840. The summed E-state index contributed by atoms with van der Waals surface area (Å²) in [7, 11) is 0. The number of esters is 2. The molecule has 0 amide bonds. The third-order valence-corrected chi connectivity index (χ3v) is 11.8. The molecule has 7 nitrogen and oxygen atoms in total. The van der Waals surface area contributed by atoms with Crippen molar-refractivity contribution in [1.82, 2.24) is 4.90 Å². The Hall–Kier alpha value is -1.18. The molecule has 0 spiro atoms. The summed E-state index contributed by atoms with van der Waals surface area (Å²) in [6, 6.07) is 0. The van der Waals surface area contributed by atoms with Gasteiger partial charge >= 0.3 is 11.9 Å². The highest BCUT2D eigenvalue weighted by molar-refractivity contribution is 5.72. The molecule has 0 aliphatic rings. The summed E-state index contributed by atoms with van der Waals surface area (Å²) >= 11 is 0. The van der Waals surface area contributed by atoms with E-state index in [1.54, 1.807) is 0 Å². The van der Waals surface area contributed by atoms with Crippen molar-refractivity contribution in [1.29, 1.82) is 0 Å². The molecular formula is C50H99NO6. The first-order valence-corrected chi connectivity index (χ1v) is 25.3. The van der Waals surface area contributed by atoms with Crippen LogP contribution in [0.1, 0.15) is 253 Å². The molecule has 3 atom stereocenters. The van der Waals surface area contributed by atoms with Crippen LogP contribution in [-0.4, -0.2) is 67.7 Å². The maximum absolute atomic E-state index is 13.0. The van der Waals surface area contributed by atoms with Crippen LogP contribution in [0.2, 0.25) is 0 Å². The van der Waals surface area contributed by atoms with Gasteiger partial charge < -0.3 is 24.2 Å². The van der Waals surface area contributed by atoms with Gasteiger partial charge in [0.05, 0.1) is 19.1 Å². The smallest absolute Gasteiger partial charge is 0.308 e. The van der Waals surface area contributed by atoms with E-state index >= 15 is 0 Å². The normalized spacial score (nSPS) is 13.2. The van der Waals surface area contributed by atoms with E-state index in [4.69, 9.17) is 14.2 Å². The Morgan fingerprint density at radius 2 is 0.860 bits per heavy atom. The van der Waals surface area contributed by atoms with Crippen LogP contribution in [0, 0.1) is 11.8 Å². The zero-order valence-electron chi connectivity index (χ0n) is 39.0. The molecule has 0 radical (unpaired) electrons. The number of carbonyl (C=O) groups is 2. The third-order valence-electron chi connectivity index (χ3n) is 11.8. The second kappa shape index (κ2) is 44.4. The minimum atomic E-state index is -0.628. The lowest BCUT2D eigenvalue weighted by Crippen LogP contribution is -2.28. The summed E-state index contributed by atoms with van der Waals surface area (Å²) in [5.74, 6) is 0.288. The minimum Gasteiger partial charge on any atom is -0.466 e. The molecule has 0 saturated heterocycles. The van der Waals surface area contributed by atoms with Crippen LogP contribution < -0.4 is 0 Å². The van der Waals surface area contributed by atoms with Crippen LogP contribution in [0.5, 0.6) is 0 Å². The zero-order chi connectivity index (χ0) is 41.9. The Labute approximate surface area is 355 Å². The third kappa shape index (κ3) is 37.6. The van der Waals surface area contributed by atoms with Gasteiger partial charge in [0.15, 0.2) is 6.29 Å². The number of ether oxygens (including phenoxy) is 3. The molecule has 0 aliphatic carbocycles. The first-order valence-electron chi connectivity index (χ1n) is 25.3. The SMILES string of the molecule is CCCCCCCCC(CCCCCC)C(=O)OCCCCCCN(CCCCCCOC(O)C(CCCCCC)CCCCCCCC)CCCC(=O)OCC. The lowest BCUT2D eigenvalue weighted by molar-refractivity contribution is -0.149. The molecular weight excluding hydrogens is 711 g/mol. The van der Waals surface area contributed by atoms with E-state index < -0.39 is 6.29 Å². The second-order valence-electron chi connectivity index (χ2n) is 17.3. The van der Waals surface area contributed by atoms with Gasteiger partial charge in [0.1, 0.15) is 0 Å². The van der Waals surface area contributed by atoms with Gasteiger partial charge in [0.2, 0.25) is 0 Å². The molecule has 0 aromatic heterocycles. The molecule has 0 bridgehead atoms. The number of hydrogen-bond donors (Lipinski definition) is 1. The van der Waals surface area contributed by atoms with Crippen LogP contribution in [-0.2, 0) is 23.8 Å². The first-order chi connectivity index (χ1) is 27.9. The van der Waals surface area contributed by atoms with Gasteiger partial charge in [-0.05, 0) is 84.3 Å². The molecule has 0 heterocycles. The van der Waals surface area contributed by atoms with Gasteiger partial charge in [-0.1, -0.05) is 182 Å². The fourth-order valence-corrected chi connectivity index (χ4v) is 8.05. The molecule has 0 rings (SSSR count). The number of aliphatic hydroxyl groups excluding tert-OH is 1. The average Bonchev–Trinajstić information content (AvgIpc) is 3.20. The summed E-state index contributed by atoms with van der Waals surface area (Å²) in [6.45, 7) is 15.5. The maximum Gasteiger partial charge on any atom is 0.308 e. The molecule has 0 aromatic carbocycles. The Morgan fingerprint density at radius 3 is 1.37 bits per heavy atom. The van der Waals surface area contributed by atoms with Crippen molar-refractivity contribution >= 4 is 11.9 Å². The van der Waals surface area contributed by atoms with Gasteiger partial charge in [0, 0.05) is 18.9 Å². The van der Waals surface area contributed by atoms with Crippen molar-refractivity contribution in [2.75, 3.05) is 39.5 Å². The molecule has 0 fully saturated rings. The van der Waals surface area contributed by atoms with Gasteiger partial charge in [0.25, 0.3) is 0 Å².